The van der Waals surface area contributed by atoms with Crippen LogP contribution in [0.25, 0.3) is 22.2 Å². The molecular formula is C20H16FN3O. The number of H-pyrrole nitrogens is 1. The van der Waals surface area contributed by atoms with E-state index in [-0.39, 0.29) is 5.82 Å². The maximum Gasteiger partial charge on any atom is 0.139 e. The van der Waals surface area contributed by atoms with Gasteiger partial charge in [-0.1, -0.05) is 12.1 Å². The molecule has 0 spiro atoms. The van der Waals surface area contributed by atoms with Crippen molar-refractivity contribution in [3.63, 3.8) is 0 Å². The lowest BCUT2D eigenvalue weighted by molar-refractivity contribution is 0.415. The number of ether oxygens (including phenoxy) is 1. The fourth-order valence-electron chi connectivity index (χ4n) is 2.78. The van der Waals surface area contributed by atoms with Gasteiger partial charge in [0.1, 0.15) is 17.4 Å². The highest BCUT2D eigenvalue weighted by atomic mass is 19.1. The number of methoxy groups -OCH3 is 1. The molecule has 5 heteroatoms. The van der Waals surface area contributed by atoms with Gasteiger partial charge in [0.15, 0.2) is 0 Å². The van der Waals surface area contributed by atoms with Gasteiger partial charge >= 0.3 is 0 Å². The largest absolute Gasteiger partial charge is 0.497 e. The number of fused-ring (bicyclic) bond motifs is 1. The van der Waals surface area contributed by atoms with E-state index < -0.39 is 0 Å². The third-order valence-electron chi connectivity index (χ3n) is 4.04. The predicted molar refractivity (Wildman–Crippen MR) is 97.8 cm³/mol. The second-order valence-electron chi connectivity index (χ2n) is 5.67. The summed E-state index contributed by atoms with van der Waals surface area (Å²) < 4.78 is 18.7. The van der Waals surface area contributed by atoms with E-state index in [1.54, 1.807) is 19.4 Å². The number of hydrogen-bond acceptors (Lipinski definition) is 3. The average molecular weight is 333 g/mol. The molecule has 0 aliphatic rings. The van der Waals surface area contributed by atoms with E-state index in [0.717, 1.165) is 39.4 Å². The second kappa shape index (κ2) is 6.28. The molecule has 4 aromatic rings. The number of nitrogens with zero attached hydrogens (tertiary/aromatic N) is 1. The summed E-state index contributed by atoms with van der Waals surface area (Å²) in [4.78, 5) is 7.75. The molecule has 0 aliphatic carbocycles. The molecular weight excluding hydrogens is 317 g/mol. The number of aromatic amines is 1. The molecule has 2 heterocycles. The van der Waals surface area contributed by atoms with Crippen molar-refractivity contribution >= 4 is 22.4 Å². The third-order valence-corrected chi connectivity index (χ3v) is 4.04. The molecule has 0 unspecified atom stereocenters. The van der Waals surface area contributed by atoms with E-state index >= 15 is 0 Å². The number of benzene rings is 2. The minimum absolute atomic E-state index is 0.258. The van der Waals surface area contributed by atoms with Gasteiger partial charge in [-0.25, -0.2) is 9.37 Å². The van der Waals surface area contributed by atoms with Gasteiger partial charge in [-0.3, -0.25) is 0 Å². The van der Waals surface area contributed by atoms with Crippen molar-refractivity contribution in [3.8, 4) is 17.0 Å². The van der Waals surface area contributed by atoms with Crippen LogP contribution >= 0.6 is 0 Å². The van der Waals surface area contributed by atoms with Gasteiger partial charge in [0.05, 0.1) is 12.6 Å². The van der Waals surface area contributed by atoms with Gasteiger partial charge in [-0.15, -0.1) is 0 Å². The first-order valence-corrected chi connectivity index (χ1v) is 7.88. The van der Waals surface area contributed by atoms with Crippen molar-refractivity contribution in [1.82, 2.24) is 9.97 Å². The maximum absolute atomic E-state index is 13.5. The Kier molecular flexibility index (Phi) is 3.82. The van der Waals surface area contributed by atoms with Crippen LogP contribution in [0.3, 0.4) is 0 Å². The molecule has 0 fully saturated rings. The number of rotatable bonds is 4. The summed E-state index contributed by atoms with van der Waals surface area (Å²) in [5.74, 6) is 1.28. The van der Waals surface area contributed by atoms with E-state index in [4.69, 9.17) is 4.74 Å². The second-order valence-corrected chi connectivity index (χ2v) is 5.67. The van der Waals surface area contributed by atoms with E-state index in [0.29, 0.717) is 0 Å². The number of aromatic nitrogens is 2. The van der Waals surface area contributed by atoms with Gasteiger partial charge < -0.3 is 15.0 Å². The number of halogens is 1. The van der Waals surface area contributed by atoms with Crippen LogP contribution in [-0.4, -0.2) is 17.1 Å². The molecule has 4 rings (SSSR count). The number of nitrogens with one attached hydrogen (secondary N) is 2. The van der Waals surface area contributed by atoms with Crippen molar-refractivity contribution < 1.29 is 9.13 Å². The van der Waals surface area contributed by atoms with E-state index in [9.17, 15) is 4.39 Å². The molecule has 25 heavy (non-hydrogen) atoms. The molecule has 0 atom stereocenters. The Labute approximate surface area is 144 Å². The first kappa shape index (κ1) is 15.2. The topological polar surface area (TPSA) is 49.9 Å². The Morgan fingerprint density at radius 2 is 1.88 bits per heavy atom. The summed E-state index contributed by atoms with van der Waals surface area (Å²) in [6.45, 7) is 0. The van der Waals surface area contributed by atoms with Crippen LogP contribution in [0.4, 0.5) is 15.9 Å². The van der Waals surface area contributed by atoms with Crippen LogP contribution in [0.1, 0.15) is 0 Å². The summed E-state index contributed by atoms with van der Waals surface area (Å²) in [7, 11) is 1.64. The minimum Gasteiger partial charge on any atom is -0.497 e. The Hall–Kier alpha value is -3.34. The Bertz CT molecular complexity index is 1020. The average Bonchev–Trinajstić information content (AvgIpc) is 3.08. The quantitative estimate of drug-likeness (QED) is 0.545. The first-order chi connectivity index (χ1) is 12.2. The summed E-state index contributed by atoms with van der Waals surface area (Å²) in [6, 6.07) is 18.0. The van der Waals surface area contributed by atoms with Crippen molar-refractivity contribution in [1.29, 1.82) is 0 Å². The summed E-state index contributed by atoms with van der Waals surface area (Å²) in [5, 5.41) is 4.26. The fourth-order valence-corrected chi connectivity index (χ4v) is 2.78. The van der Waals surface area contributed by atoms with Gasteiger partial charge in [0, 0.05) is 28.5 Å². The first-order valence-electron chi connectivity index (χ1n) is 7.88. The zero-order valence-electron chi connectivity index (χ0n) is 13.6. The maximum atomic E-state index is 13.5. The van der Waals surface area contributed by atoms with Gasteiger partial charge in [-0.2, -0.15) is 0 Å². The Balaban J connectivity index is 1.72. The standard InChI is InChI=1S/C20H16FN3O/c1-25-16-7-5-15(6-8-16)23-20-17-12-19(24-18(17)9-10-22-20)13-3-2-4-14(21)11-13/h2-12,24H,1H3,(H,22,23). The lowest BCUT2D eigenvalue weighted by Gasteiger charge is -2.07. The van der Waals surface area contributed by atoms with E-state index in [1.165, 1.54) is 12.1 Å². The molecule has 0 radical (unpaired) electrons. The van der Waals surface area contributed by atoms with Crippen molar-refractivity contribution in [3.05, 3.63) is 72.7 Å². The molecule has 0 saturated heterocycles. The monoisotopic (exact) mass is 333 g/mol. The summed E-state index contributed by atoms with van der Waals surface area (Å²) in [5.41, 5.74) is 3.49. The van der Waals surface area contributed by atoms with Crippen LogP contribution in [0.2, 0.25) is 0 Å². The van der Waals surface area contributed by atoms with E-state index in [1.807, 2.05) is 42.5 Å². The highest BCUT2D eigenvalue weighted by Crippen LogP contribution is 2.30. The Morgan fingerprint density at radius 3 is 2.64 bits per heavy atom. The smallest absolute Gasteiger partial charge is 0.139 e. The number of hydrogen-bond donors (Lipinski definition) is 2. The van der Waals surface area contributed by atoms with Crippen LogP contribution in [-0.2, 0) is 0 Å². The molecule has 0 saturated carbocycles. The molecule has 2 aromatic heterocycles. The highest BCUT2D eigenvalue weighted by molar-refractivity contribution is 5.95. The summed E-state index contributed by atoms with van der Waals surface area (Å²) >= 11 is 0. The van der Waals surface area contributed by atoms with E-state index in [2.05, 4.69) is 15.3 Å². The molecule has 124 valence electrons. The highest BCUT2D eigenvalue weighted by Gasteiger charge is 2.09. The lowest BCUT2D eigenvalue weighted by atomic mass is 10.1. The molecule has 2 aromatic carbocycles. The normalized spacial score (nSPS) is 10.8. The SMILES string of the molecule is COc1ccc(Nc2nccc3[nH]c(-c4cccc(F)c4)cc23)cc1. The molecule has 0 amide bonds. The molecule has 2 N–H and O–H groups in total. The third kappa shape index (κ3) is 3.04. The Morgan fingerprint density at radius 1 is 1.04 bits per heavy atom. The molecule has 4 nitrogen and oxygen atoms in total. The van der Waals surface area contributed by atoms with Crippen LogP contribution in [0.5, 0.6) is 5.75 Å². The molecule has 0 bridgehead atoms. The fraction of sp³-hybridized carbons (Fsp3) is 0.0500. The van der Waals surface area contributed by atoms with Crippen LogP contribution in [0, 0.1) is 5.82 Å². The van der Waals surface area contributed by atoms with Crippen LogP contribution < -0.4 is 10.1 Å². The zero-order chi connectivity index (χ0) is 17.2. The zero-order valence-corrected chi connectivity index (χ0v) is 13.6. The predicted octanol–water partition coefficient (Wildman–Crippen LogP) is 5.12. The number of anilines is 2. The van der Waals surface area contributed by atoms with Crippen molar-refractivity contribution in [2.24, 2.45) is 0 Å². The molecule has 0 aliphatic heterocycles. The lowest BCUT2D eigenvalue weighted by Crippen LogP contribution is -1.93. The van der Waals surface area contributed by atoms with Gasteiger partial charge in [-0.05, 0) is 48.5 Å². The summed E-state index contributed by atoms with van der Waals surface area (Å²) in [6.07, 6.45) is 1.74. The van der Waals surface area contributed by atoms with Gasteiger partial charge in [0.2, 0.25) is 0 Å². The minimum atomic E-state index is -0.258. The number of pyridine rings is 1. The van der Waals surface area contributed by atoms with Crippen molar-refractivity contribution in [2.75, 3.05) is 12.4 Å². The van der Waals surface area contributed by atoms with Crippen LogP contribution in [0.15, 0.2) is 66.9 Å². The van der Waals surface area contributed by atoms with Gasteiger partial charge in [0.25, 0.3) is 0 Å². The van der Waals surface area contributed by atoms with Crippen molar-refractivity contribution in [2.45, 2.75) is 0 Å².